The molecule has 0 amide bonds. The molecule has 1 aromatic heterocycles. The van der Waals surface area contributed by atoms with Crippen LogP contribution in [0, 0.1) is 5.82 Å². The number of halogens is 2. The molecule has 0 bridgehead atoms. The Bertz CT molecular complexity index is 822. The second-order valence-electron chi connectivity index (χ2n) is 7.37. The van der Waals surface area contributed by atoms with Gasteiger partial charge in [0.2, 0.25) is 0 Å². The minimum atomic E-state index is -0.248. The summed E-state index contributed by atoms with van der Waals surface area (Å²) in [7, 11) is 3.32. The number of nitrogens with one attached hydrogen (secondary N) is 2. The number of rotatable bonds is 8. The summed E-state index contributed by atoms with van der Waals surface area (Å²) in [6.07, 6.45) is 0.235. The summed E-state index contributed by atoms with van der Waals surface area (Å²) in [5.41, 5.74) is 1.53. The van der Waals surface area contributed by atoms with Crippen LogP contribution in [0.25, 0.3) is 0 Å². The van der Waals surface area contributed by atoms with E-state index in [0.717, 1.165) is 37.8 Å². The van der Waals surface area contributed by atoms with Crippen molar-refractivity contribution in [2.75, 3.05) is 40.4 Å². The number of benzene rings is 1. The lowest BCUT2D eigenvalue weighted by molar-refractivity contribution is -0.0334. The second kappa shape index (κ2) is 13.3. The average molecular weight is 562 g/mol. The Kier molecular flexibility index (Phi) is 11.2. The lowest BCUT2D eigenvalue weighted by Gasteiger charge is -2.37. The first-order valence-corrected chi connectivity index (χ1v) is 11.1. The van der Waals surface area contributed by atoms with E-state index in [-0.39, 0.29) is 48.5 Å². The second-order valence-corrected chi connectivity index (χ2v) is 8.35. The predicted molar refractivity (Wildman–Crippen MR) is 135 cm³/mol. The van der Waals surface area contributed by atoms with Gasteiger partial charge in [-0.2, -0.15) is 0 Å². The fraction of sp³-hybridized carbons (Fsp3) is 0.500. The van der Waals surface area contributed by atoms with Crippen LogP contribution < -0.4 is 10.6 Å². The van der Waals surface area contributed by atoms with Crippen LogP contribution in [-0.4, -0.2) is 57.4 Å². The van der Waals surface area contributed by atoms with Crippen LogP contribution in [-0.2, 0) is 22.6 Å². The van der Waals surface area contributed by atoms with Gasteiger partial charge in [0.25, 0.3) is 0 Å². The summed E-state index contributed by atoms with van der Waals surface area (Å²) in [6, 6.07) is 9.61. The van der Waals surface area contributed by atoms with Crippen molar-refractivity contribution in [3.05, 3.63) is 57.5 Å². The maximum absolute atomic E-state index is 13.8. The minimum Gasteiger partial charge on any atom is -0.380 e. The molecule has 3 rings (SSSR count). The molecule has 1 aromatic carbocycles. The molecule has 0 aliphatic carbocycles. The molecule has 1 aliphatic heterocycles. The molecule has 2 heterocycles. The lowest BCUT2D eigenvalue weighted by atomic mass is 10.1. The van der Waals surface area contributed by atoms with E-state index in [9.17, 15) is 4.39 Å². The van der Waals surface area contributed by atoms with E-state index >= 15 is 0 Å². The molecule has 6 nitrogen and oxygen atoms in total. The fourth-order valence-electron chi connectivity index (χ4n) is 3.62. The Hall–Kier alpha value is -1.27. The molecule has 1 saturated heterocycles. The molecule has 2 unspecified atom stereocenters. The number of thiophene rings is 1. The highest BCUT2D eigenvalue weighted by molar-refractivity contribution is 14.0. The summed E-state index contributed by atoms with van der Waals surface area (Å²) >= 11 is 1.77. The highest BCUT2D eigenvalue weighted by atomic mass is 127. The standard InChI is InChI=1S/C22H31FN4O2S.HI/c1-16-14-27(8-9-29-16)20(21-5-4-10-30-21)13-26-22(24-2)25-12-17-6-7-19(23)18(11-17)15-28-3;/h4-7,10-11,16,20H,8-9,12-15H2,1-3H3,(H2,24,25,26);1H. The lowest BCUT2D eigenvalue weighted by Crippen LogP contribution is -2.47. The van der Waals surface area contributed by atoms with Gasteiger partial charge in [-0.05, 0) is 36.1 Å². The van der Waals surface area contributed by atoms with Crippen molar-refractivity contribution in [2.24, 2.45) is 4.99 Å². The molecule has 9 heteroatoms. The van der Waals surface area contributed by atoms with Gasteiger partial charge in [0.15, 0.2) is 5.96 Å². The van der Waals surface area contributed by atoms with Gasteiger partial charge in [-0.25, -0.2) is 4.39 Å². The van der Waals surface area contributed by atoms with Crippen LogP contribution in [0.15, 0.2) is 40.7 Å². The molecule has 1 fully saturated rings. The van der Waals surface area contributed by atoms with Gasteiger partial charge in [0, 0.05) is 50.8 Å². The van der Waals surface area contributed by atoms with Crippen molar-refractivity contribution in [1.29, 1.82) is 0 Å². The van der Waals surface area contributed by atoms with Crippen molar-refractivity contribution in [1.82, 2.24) is 15.5 Å². The topological polar surface area (TPSA) is 58.1 Å². The molecular formula is C22H32FIN4O2S. The van der Waals surface area contributed by atoms with Crippen molar-refractivity contribution in [3.63, 3.8) is 0 Å². The molecule has 1 aliphatic rings. The van der Waals surface area contributed by atoms with Crippen LogP contribution in [0.4, 0.5) is 4.39 Å². The quantitative estimate of drug-likeness (QED) is 0.292. The predicted octanol–water partition coefficient (Wildman–Crippen LogP) is 3.78. The highest BCUT2D eigenvalue weighted by Gasteiger charge is 2.26. The Morgan fingerprint density at radius 3 is 2.90 bits per heavy atom. The van der Waals surface area contributed by atoms with Gasteiger partial charge in [0.1, 0.15) is 5.82 Å². The number of hydrogen-bond acceptors (Lipinski definition) is 5. The van der Waals surface area contributed by atoms with Crippen LogP contribution in [0.2, 0.25) is 0 Å². The largest absolute Gasteiger partial charge is 0.380 e. The number of guanidine groups is 1. The maximum Gasteiger partial charge on any atom is 0.191 e. The Morgan fingerprint density at radius 2 is 2.23 bits per heavy atom. The molecule has 31 heavy (non-hydrogen) atoms. The minimum absolute atomic E-state index is 0. The van der Waals surface area contributed by atoms with Gasteiger partial charge in [0.05, 0.1) is 25.4 Å². The molecule has 0 saturated carbocycles. The summed E-state index contributed by atoms with van der Waals surface area (Å²) < 4.78 is 24.6. The van der Waals surface area contributed by atoms with E-state index < -0.39 is 0 Å². The summed E-state index contributed by atoms with van der Waals surface area (Å²) in [6.45, 7) is 6.25. The van der Waals surface area contributed by atoms with Gasteiger partial charge < -0.3 is 20.1 Å². The first-order valence-electron chi connectivity index (χ1n) is 10.2. The Morgan fingerprint density at radius 1 is 1.39 bits per heavy atom. The van der Waals surface area contributed by atoms with E-state index in [4.69, 9.17) is 9.47 Å². The molecule has 172 valence electrons. The SMILES string of the molecule is CN=C(NCc1ccc(F)c(COC)c1)NCC(c1cccs1)N1CCOC(C)C1.I. The third kappa shape index (κ3) is 7.67. The smallest absolute Gasteiger partial charge is 0.191 e. The molecule has 2 aromatic rings. The molecule has 2 N–H and O–H groups in total. The zero-order valence-corrected chi connectivity index (χ0v) is 21.4. The number of ether oxygens (including phenoxy) is 2. The first-order chi connectivity index (χ1) is 14.6. The van der Waals surface area contributed by atoms with E-state index in [1.54, 1.807) is 31.6 Å². The Labute approximate surface area is 205 Å². The van der Waals surface area contributed by atoms with Gasteiger partial charge in [-0.3, -0.25) is 9.89 Å². The number of aliphatic imine (C=N–C) groups is 1. The van der Waals surface area contributed by atoms with E-state index in [0.29, 0.717) is 12.1 Å². The van der Waals surface area contributed by atoms with Gasteiger partial charge in [-0.1, -0.05) is 12.1 Å². The van der Waals surface area contributed by atoms with Crippen LogP contribution >= 0.6 is 35.3 Å². The van der Waals surface area contributed by atoms with E-state index in [1.165, 1.54) is 10.9 Å². The van der Waals surface area contributed by atoms with Crippen LogP contribution in [0.1, 0.15) is 29.0 Å². The third-order valence-corrected chi connectivity index (χ3v) is 6.11. The highest BCUT2D eigenvalue weighted by Crippen LogP contribution is 2.26. The van der Waals surface area contributed by atoms with Crippen LogP contribution in [0.3, 0.4) is 0 Å². The third-order valence-electron chi connectivity index (χ3n) is 5.14. The van der Waals surface area contributed by atoms with Crippen molar-refractivity contribution < 1.29 is 13.9 Å². The first kappa shape index (κ1) is 26.0. The van der Waals surface area contributed by atoms with E-state index in [1.807, 2.05) is 6.07 Å². The Balaban J connectivity index is 0.00000341. The molecular weight excluding hydrogens is 530 g/mol. The summed E-state index contributed by atoms with van der Waals surface area (Å²) in [5, 5.41) is 8.89. The number of hydrogen-bond donors (Lipinski definition) is 2. The maximum atomic E-state index is 13.8. The molecule has 2 atom stereocenters. The average Bonchev–Trinajstić information content (AvgIpc) is 3.27. The number of nitrogens with zero attached hydrogens (tertiary/aromatic N) is 2. The normalized spacial score (nSPS) is 18.3. The van der Waals surface area contributed by atoms with E-state index in [2.05, 4.69) is 45.0 Å². The van der Waals surface area contributed by atoms with Gasteiger partial charge in [-0.15, -0.1) is 35.3 Å². The van der Waals surface area contributed by atoms with Crippen molar-refractivity contribution in [2.45, 2.75) is 32.2 Å². The monoisotopic (exact) mass is 562 g/mol. The molecule has 0 radical (unpaired) electrons. The van der Waals surface area contributed by atoms with Crippen LogP contribution in [0.5, 0.6) is 0 Å². The zero-order chi connectivity index (χ0) is 21.3. The summed E-state index contributed by atoms with van der Waals surface area (Å²) in [5.74, 6) is 0.470. The molecule has 0 spiro atoms. The fourth-order valence-corrected chi connectivity index (χ4v) is 4.48. The summed E-state index contributed by atoms with van der Waals surface area (Å²) in [4.78, 5) is 8.15. The van der Waals surface area contributed by atoms with Crippen molar-refractivity contribution >= 4 is 41.3 Å². The van der Waals surface area contributed by atoms with Crippen molar-refractivity contribution in [3.8, 4) is 0 Å². The van der Waals surface area contributed by atoms with Gasteiger partial charge >= 0.3 is 0 Å². The number of methoxy groups -OCH3 is 1. The zero-order valence-electron chi connectivity index (χ0n) is 18.3. The number of morpholine rings is 1.